The zero-order valence-electron chi connectivity index (χ0n) is 9.81. The van der Waals surface area contributed by atoms with Crippen LogP contribution in [0.1, 0.15) is 12.8 Å². The highest BCUT2D eigenvalue weighted by Gasteiger charge is 2.39. The maximum absolute atomic E-state index is 13.6. The Morgan fingerprint density at radius 3 is 2.53 bits per heavy atom. The van der Waals surface area contributed by atoms with Crippen molar-refractivity contribution in [3.05, 3.63) is 28.0 Å². The van der Waals surface area contributed by atoms with Crippen molar-refractivity contribution in [3.63, 3.8) is 0 Å². The summed E-state index contributed by atoms with van der Waals surface area (Å²) in [5, 5.41) is 8.21. The lowest BCUT2D eigenvalue weighted by Gasteiger charge is -2.21. The number of hydrogen-bond acceptors (Lipinski definition) is 3. The summed E-state index contributed by atoms with van der Waals surface area (Å²) in [7, 11) is -3.93. The quantitative estimate of drug-likeness (QED) is 0.844. The van der Waals surface area contributed by atoms with Crippen molar-refractivity contribution in [1.82, 2.24) is 4.31 Å². The van der Waals surface area contributed by atoms with Gasteiger partial charge in [0.25, 0.3) is 0 Å². The minimum absolute atomic E-state index is 0.0342. The minimum Gasteiger partial charge on any atom is -0.395 e. The van der Waals surface area contributed by atoms with Crippen molar-refractivity contribution < 1.29 is 17.9 Å². The lowest BCUT2D eigenvalue weighted by atomic mass is 10.3. The molecular formula is C11H12Cl2FNO3S. The maximum Gasteiger partial charge on any atom is 0.244 e. The number of sulfonamides is 1. The van der Waals surface area contributed by atoms with Crippen LogP contribution in [0.4, 0.5) is 4.39 Å². The van der Waals surface area contributed by atoms with Gasteiger partial charge in [0, 0.05) is 12.6 Å². The fourth-order valence-electron chi connectivity index (χ4n) is 1.79. The second-order valence-corrected chi connectivity index (χ2v) is 6.89. The van der Waals surface area contributed by atoms with E-state index in [1.165, 1.54) is 6.07 Å². The van der Waals surface area contributed by atoms with Gasteiger partial charge in [-0.3, -0.25) is 0 Å². The number of nitrogens with zero attached hydrogens (tertiary/aromatic N) is 1. The molecule has 0 spiro atoms. The van der Waals surface area contributed by atoms with Gasteiger partial charge in [-0.05, 0) is 25.0 Å². The molecule has 2 rings (SSSR count). The molecule has 0 aromatic heterocycles. The van der Waals surface area contributed by atoms with E-state index in [0.717, 1.165) is 23.2 Å². The van der Waals surface area contributed by atoms with E-state index in [4.69, 9.17) is 28.3 Å². The largest absolute Gasteiger partial charge is 0.395 e. The second kappa shape index (κ2) is 5.54. The standard InChI is InChI=1S/C11H12Cl2FNO3S/c12-8-3-4-9(10(13)11(8)14)19(17,18)15(5-6-16)7-1-2-7/h3-4,7,16H,1-2,5-6H2. The Bertz CT molecular complexity index is 590. The fraction of sp³-hybridized carbons (Fsp3) is 0.455. The molecule has 0 radical (unpaired) electrons. The van der Waals surface area contributed by atoms with Crippen molar-refractivity contribution in [1.29, 1.82) is 0 Å². The van der Waals surface area contributed by atoms with Crippen LogP contribution in [-0.4, -0.2) is 37.0 Å². The van der Waals surface area contributed by atoms with Crippen LogP contribution in [-0.2, 0) is 10.0 Å². The van der Waals surface area contributed by atoms with Gasteiger partial charge in [-0.15, -0.1) is 0 Å². The summed E-state index contributed by atoms with van der Waals surface area (Å²) in [6.45, 7) is -0.336. The van der Waals surface area contributed by atoms with Gasteiger partial charge in [0.05, 0.1) is 16.7 Å². The van der Waals surface area contributed by atoms with E-state index in [9.17, 15) is 12.8 Å². The highest BCUT2D eigenvalue weighted by atomic mass is 35.5. The molecule has 8 heteroatoms. The Hall–Kier alpha value is -0.400. The first-order chi connectivity index (χ1) is 8.89. The molecule has 1 N–H and O–H groups in total. The van der Waals surface area contributed by atoms with Crippen LogP contribution in [0.15, 0.2) is 17.0 Å². The number of rotatable bonds is 5. The van der Waals surface area contributed by atoms with Crippen molar-refractivity contribution in [2.24, 2.45) is 0 Å². The Balaban J connectivity index is 2.46. The third-order valence-electron chi connectivity index (χ3n) is 2.86. The van der Waals surface area contributed by atoms with E-state index >= 15 is 0 Å². The summed E-state index contributed by atoms with van der Waals surface area (Å²) < 4.78 is 39.6. The first kappa shape index (κ1) is 15.0. The molecule has 0 unspecified atom stereocenters. The van der Waals surface area contributed by atoms with E-state index < -0.39 is 20.9 Å². The van der Waals surface area contributed by atoms with Gasteiger partial charge in [-0.2, -0.15) is 4.31 Å². The third-order valence-corrected chi connectivity index (χ3v) is 5.63. The Morgan fingerprint density at radius 2 is 2.00 bits per heavy atom. The van der Waals surface area contributed by atoms with Crippen molar-refractivity contribution in [3.8, 4) is 0 Å². The molecule has 1 aliphatic carbocycles. The van der Waals surface area contributed by atoms with Crippen LogP contribution in [0.5, 0.6) is 0 Å². The van der Waals surface area contributed by atoms with Crippen LogP contribution in [0.25, 0.3) is 0 Å². The average Bonchev–Trinajstić information content (AvgIpc) is 3.16. The molecule has 19 heavy (non-hydrogen) atoms. The highest BCUT2D eigenvalue weighted by molar-refractivity contribution is 7.89. The summed E-state index contributed by atoms with van der Waals surface area (Å²) in [5.41, 5.74) is 0. The lowest BCUT2D eigenvalue weighted by Crippen LogP contribution is -2.35. The van der Waals surface area contributed by atoms with Gasteiger partial charge in [0.15, 0.2) is 5.82 Å². The van der Waals surface area contributed by atoms with Crippen LogP contribution in [0, 0.1) is 5.82 Å². The fourth-order valence-corrected chi connectivity index (χ4v) is 4.19. The van der Waals surface area contributed by atoms with Crippen LogP contribution in [0.3, 0.4) is 0 Å². The summed E-state index contributed by atoms with van der Waals surface area (Å²) in [6, 6.07) is 2.18. The lowest BCUT2D eigenvalue weighted by molar-refractivity contribution is 0.250. The van der Waals surface area contributed by atoms with Gasteiger partial charge >= 0.3 is 0 Å². The number of halogens is 3. The smallest absolute Gasteiger partial charge is 0.244 e. The number of hydrogen-bond donors (Lipinski definition) is 1. The molecule has 0 saturated heterocycles. The third kappa shape index (κ3) is 2.87. The monoisotopic (exact) mass is 327 g/mol. The van der Waals surface area contributed by atoms with Gasteiger partial charge in [0.1, 0.15) is 4.90 Å². The van der Waals surface area contributed by atoms with Crippen LogP contribution >= 0.6 is 23.2 Å². The molecule has 0 atom stereocenters. The Kier molecular flexibility index (Phi) is 4.37. The summed E-state index contributed by atoms with van der Waals surface area (Å²) >= 11 is 11.3. The topological polar surface area (TPSA) is 57.6 Å². The first-order valence-electron chi connectivity index (χ1n) is 5.65. The summed E-state index contributed by atoms with van der Waals surface area (Å²) in [6.07, 6.45) is 1.46. The normalized spacial score (nSPS) is 16.1. The molecule has 1 aromatic carbocycles. The van der Waals surface area contributed by atoms with E-state index in [0.29, 0.717) is 0 Å². The van der Waals surface area contributed by atoms with E-state index in [1.54, 1.807) is 0 Å². The predicted octanol–water partition coefficient (Wildman–Crippen LogP) is 2.28. The van der Waals surface area contributed by atoms with Gasteiger partial charge in [-0.25, -0.2) is 12.8 Å². The zero-order chi connectivity index (χ0) is 14.2. The predicted molar refractivity (Wildman–Crippen MR) is 70.4 cm³/mol. The van der Waals surface area contributed by atoms with Gasteiger partial charge < -0.3 is 5.11 Å². The Morgan fingerprint density at radius 1 is 1.37 bits per heavy atom. The van der Waals surface area contributed by atoms with Gasteiger partial charge in [0.2, 0.25) is 10.0 Å². The van der Waals surface area contributed by atoms with E-state index in [-0.39, 0.29) is 29.1 Å². The second-order valence-electron chi connectivity index (χ2n) is 4.24. The molecule has 0 amide bonds. The zero-order valence-corrected chi connectivity index (χ0v) is 12.1. The number of aliphatic hydroxyl groups excluding tert-OH is 1. The highest BCUT2D eigenvalue weighted by Crippen LogP contribution is 2.36. The number of aliphatic hydroxyl groups is 1. The van der Waals surface area contributed by atoms with E-state index in [2.05, 4.69) is 0 Å². The summed E-state index contributed by atoms with van der Waals surface area (Å²) in [4.78, 5) is -0.323. The van der Waals surface area contributed by atoms with Gasteiger partial charge in [-0.1, -0.05) is 23.2 Å². The van der Waals surface area contributed by atoms with Crippen molar-refractivity contribution in [2.45, 2.75) is 23.8 Å². The first-order valence-corrected chi connectivity index (χ1v) is 7.85. The minimum atomic E-state index is -3.93. The van der Waals surface area contributed by atoms with Crippen molar-refractivity contribution in [2.75, 3.05) is 13.2 Å². The molecule has 106 valence electrons. The van der Waals surface area contributed by atoms with Crippen LogP contribution in [0.2, 0.25) is 10.0 Å². The summed E-state index contributed by atoms with van der Waals surface area (Å²) in [5.74, 6) is -0.954. The molecule has 4 nitrogen and oxygen atoms in total. The molecule has 1 fully saturated rings. The molecule has 0 heterocycles. The van der Waals surface area contributed by atoms with E-state index in [1.807, 2.05) is 0 Å². The molecular weight excluding hydrogens is 316 g/mol. The Labute approximate surface area is 120 Å². The molecule has 0 bridgehead atoms. The molecule has 1 saturated carbocycles. The SMILES string of the molecule is O=S(=O)(c1ccc(Cl)c(F)c1Cl)N(CCO)C1CC1. The average molecular weight is 328 g/mol. The maximum atomic E-state index is 13.6. The van der Waals surface area contributed by atoms with Crippen molar-refractivity contribution >= 4 is 33.2 Å². The molecule has 1 aromatic rings. The number of benzene rings is 1. The molecule has 1 aliphatic rings. The van der Waals surface area contributed by atoms with Crippen LogP contribution < -0.4 is 0 Å². The molecule has 0 aliphatic heterocycles.